The second-order valence-corrected chi connectivity index (χ2v) is 14.3. The highest BCUT2D eigenvalue weighted by atomic mass is 28.3. The summed E-state index contributed by atoms with van der Waals surface area (Å²) < 4.78 is 0. The van der Waals surface area contributed by atoms with E-state index in [1.165, 1.54) is 23.1 Å². The molecule has 2 aliphatic rings. The predicted octanol–water partition coefficient (Wildman–Crippen LogP) is 7.60. The first kappa shape index (κ1) is 18.6. The average molecular weight is 395 g/mol. The molecule has 0 spiro atoms. The standard InChI is InChI=1S/C28H30Si/c1-5-20(2)28(19-18-21-12-6-11-17-26(21)28)29(3,4)27-24-15-9-7-13-22(24)23-14-8-10-16-25(23)27/h6-20,27H,5H2,1-4H3. The average Bonchev–Trinajstić information content (AvgIpc) is 3.31. The molecule has 0 amide bonds. The van der Waals surface area contributed by atoms with Gasteiger partial charge in [0.15, 0.2) is 0 Å². The van der Waals surface area contributed by atoms with Crippen LogP contribution in [0.25, 0.3) is 17.2 Å². The van der Waals surface area contributed by atoms with Gasteiger partial charge >= 0.3 is 0 Å². The van der Waals surface area contributed by atoms with E-state index in [1.54, 1.807) is 16.7 Å². The molecule has 0 heterocycles. The molecular weight excluding hydrogens is 364 g/mol. The molecule has 2 unspecified atom stereocenters. The van der Waals surface area contributed by atoms with Crippen molar-refractivity contribution in [1.29, 1.82) is 0 Å². The minimum absolute atomic E-state index is 0.146. The highest BCUT2D eigenvalue weighted by Crippen LogP contribution is 2.58. The topological polar surface area (TPSA) is 0 Å². The third kappa shape index (κ3) is 2.37. The van der Waals surface area contributed by atoms with Gasteiger partial charge in [-0.1, -0.05) is 118 Å². The van der Waals surface area contributed by atoms with E-state index in [-0.39, 0.29) is 5.04 Å². The Balaban J connectivity index is 1.78. The summed E-state index contributed by atoms with van der Waals surface area (Å²) >= 11 is 0. The van der Waals surface area contributed by atoms with Crippen molar-refractivity contribution in [2.75, 3.05) is 0 Å². The highest BCUT2D eigenvalue weighted by Gasteiger charge is 2.57. The SMILES string of the molecule is CCC(C)C1([Si](C)(C)C2c3ccccc3-c3ccccc32)C=Cc2ccccc21. The van der Waals surface area contributed by atoms with Gasteiger partial charge in [0.05, 0.1) is 8.07 Å². The Morgan fingerprint density at radius 1 is 0.828 bits per heavy atom. The van der Waals surface area contributed by atoms with Gasteiger partial charge in [-0.3, -0.25) is 0 Å². The van der Waals surface area contributed by atoms with Crippen LogP contribution in [0.4, 0.5) is 0 Å². The number of benzene rings is 3. The van der Waals surface area contributed by atoms with Gasteiger partial charge in [-0.25, -0.2) is 0 Å². The molecular formula is C28H30Si. The van der Waals surface area contributed by atoms with E-state index in [0.29, 0.717) is 11.5 Å². The second-order valence-electron chi connectivity index (χ2n) is 9.43. The Morgan fingerprint density at radius 2 is 1.38 bits per heavy atom. The van der Waals surface area contributed by atoms with Crippen LogP contribution in [0.3, 0.4) is 0 Å². The van der Waals surface area contributed by atoms with E-state index in [0.717, 1.165) is 0 Å². The second kappa shape index (κ2) is 6.57. The molecule has 0 N–H and O–H groups in total. The fourth-order valence-electron chi connectivity index (χ4n) is 6.45. The first-order valence-corrected chi connectivity index (χ1v) is 14.1. The van der Waals surface area contributed by atoms with Crippen molar-refractivity contribution in [3.05, 3.63) is 101 Å². The highest BCUT2D eigenvalue weighted by molar-refractivity contribution is 6.83. The summed E-state index contributed by atoms with van der Waals surface area (Å²) in [7, 11) is -1.91. The summed E-state index contributed by atoms with van der Waals surface area (Å²) in [5, 5.41) is 0.146. The van der Waals surface area contributed by atoms with E-state index in [9.17, 15) is 0 Å². The molecule has 0 aliphatic heterocycles. The molecule has 0 aromatic heterocycles. The van der Waals surface area contributed by atoms with Gasteiger partial charge in [0, 0.05) is 10.6 Å². The van der Waals surface area contributed by atoms with E-state index in [1.807, 2.05) is 0 Å². The zero-order valence-corrected chi connectivity index (χ0v) is 18.9. The van der Waals surface area contributed by atoms with Crippen LogP contribution in [0.15, 0.2) is 78.9 Å². The van der Waals surface area contributed by atoms with Crippen LogP contribution in [0, 0.1) is 5.92 Å². The van der Waals surface area contributed by atoms with Gasteiger partial charge in [0.1, 0.15) is 0 Å². The largest absolute Gasteiger partial charge is 0.0764 e. The molecule has 0 saturated heterocycles. The van der Waals surface area contributed by atoms with Gasteiger partial charge < -0.3 is 0 Å². The third-order valence-corrected chi connectivity index (χ3v) is 13.1. The molecule has 2 aliphatic carbocycles. The predicted molar refractivity (Wildman–Crippen MR) is 128 cm³/mol. The number of hydrogen-bond donors (Lipinski definition) is 0. The zero-order chi connectivity index (χ0) is 20.2. The molecule has 0 radical (unpaired) electrons. The Kier molecular flexibility index (Phi) is 4.22. The maximum Gasteiger partial charge on any atom is 0.0764 e. The Hall–Kier alpha value is -2.38. The lowest BCUT2D eigenvalue weighted by atomic mass is 9.86. The quantitative estimate of drug-likeness (QED) is 0.400. The molecule has 5 rings (SSSR count). The number of fused-ring (bicyclic) bond motifs is 4. The lowest BCUT2D eigenvalue weighted by Gasteiger charge is -2.50. The van der Waals surface area contributed by atoms with Crippen LogP contribution >= 0.6 is 0 Å². The maximum atomic E-state index is 2.65. The van der Waals surface area contributed by atoms with Gasteiger partial charge in [0.25, 0.3) is 0 Å². The zero-order valence-electron chi connectivity index (χ0n) is 17.9. The van der Waals surface area contributed by atoms with Crippen LogP contribution < -0.4 is 0 Å². The van der Waals surface area contributed by atoms with Crippen LogP contribution in [-0.4, -0.2) is 8.07 Å². The first-order valence-electron chi connectivity index (χ1n) is 11.0. The van der Waals surface area contributed by atoms with E-state index >= 15 is 0 Å². The molecule has 0 nitrogen and oxygen atoms in total. The van der Waals surface area contributed by atoms with Crippen LogP contribution in [-0.2, 0) is 5.04 Å². The summed E-state index contributed by atoms with van der Waals surface area (Å²) in [6.45, 7) is 10.1. The van der Waals surface area contributed by atoms with Crippen molar-refractivity contribution < 1.29 is 0 Å². The number of allylic oxidation sites excluding steroid dienone is 1. The Morgan fingerprint density at radius 3 is 2.00 bits per heavy atom. The fourth-order valence-corrected chi connectivity index (χ4v) is 11.9. The van der Waals surface area contributed by atoms with Gasteiger partial charge in [0.2, 0.25) is 0 Å². The molecule has 29 heavy (non-hydrogen) atoms. The lowest BCUT2D eigenvalue weighted by Crippen LogP contribution is -2.57. The normalized spacial score (nSPS) is 21.0. The molecule has 146 valence electrons. The van der Waals surface area contributed by atoms with Crippen molar-refractivity contribution in [2.45, 2.75) is 43.9 Å². The molecule has 3 aromatic carbocycles. The minimum Gasteiger partial charge on any atom is -0.0758 e. The molecule has 3 aromatic rings. The van der Waals surface area contributed by atoms with Gasteiger partial charge in [-0.15, -0.1) is 0 Å². The third-order valence-electron chi connectivity index (χ3n) is 7.94. The van der Waals surface area contributed by atoms with Crippen LogP contribution in [0.2, 0.25) is 13.1 Å². The smallest absolute Gasteiger partial charge is 0.0758 e. The minimum atomic E-state index is -1.91. The van der Waals surface area contributed by atoms with Crippen molar-refractivity contribution >= 4 is 14.1 Å². The summed E-state index contributed by atoms with van der Waals surface area (Å²) in [5.41, 5.74) is 9.49. The van der Waals surface area contributed by atoms with Crippen molar-refractivity contribution in [2.24, 2.45) is 5.92 Å². The monoisotopic (exact) mass is 394 g/mol. The van der Waals surface area contributed by atoms with Crippen LogP contribution in [0.1, 0.15) is 48.1 Å². The van der Waals surface area contributed by atoms with E-state index in [2.05, 4.69) is 112 Å². The maximum absolute atomic E-state index is 2.65. The van der Waals surface area contributed by atoms with Gasteiger partial charge in [-0.2, -0.15) is 0 Å². The summed E-state index contributed by atoms with van der Waals surface area (Å²) in [4.78, 5) is 0. The molecule has 0 fully saturated rings. The van der Waals surface area contributed by atoms with E-state index in [4.69, 9.17) is 0 Å². The van der Waals surface area contributed by atoms with Gasteiger partial charge in [-0.05, 0) is 39.3 Å². The van der Waals surface area contributed by atoms with Crippen molar-refractivity contribution in [3.8, 4) is 11.1 Å². The summed E-state index contributed by atoms with van der Waals surface area (Å²) in [6, 6.07) is 27.4. The molecule has 0 saturated carbocycles. The van der Waals surface area contributed by atoms with Crippen molar-refractivity contribution in [1.82, 2.24) is 0 Å². The van der Waals surface area contributed by atoms with E-state index < -0.39 is 8.07 Å². The summed E-state index contributed by atoms with van der Waals surface area (Å²) in [6.07, 6.45) is 6.20. The number of rotatable bonds is 4. The fraction of sp³-hybridized carbons (Fsp3) is 0.286. The Labute approximate surface area is 176 Å². The molecule has 2 atom stereocenters. The lowest BCUT2D eigenvalue weighted by molar-refractivity contribution is 0.443. The molecule has 0 bridgehead atoms. The first-order chi connectivity index (χ1) is 14.0. The Bertz CT molecular complexity index is 1060. The summed E-state index contributed by atoms with van der Waals surface area (Å²) in [5.74, 6) is 0.615. The van der Waals surface area contributed by atoms with Crippen LogP contribution in [0.5, 0.6) is 0 Å². The molecule has 1 heteroatoms. The van der Waals surface area contributed by atoms with Crippen molar-refractivity contribution in [3.63, 3.8) is 0 Å². The number of hydrogen-bond acceptors (Lipinski definition) is 0.